The van der Waals surface area contributed by atoms with Crippen molar-refractivity contribution in [1.29, 1.82) is 0 Å². The second kappa shape index (κ2) is 11.6. The molecule has 12 heteroatoms. The first kappa shape index (κ1) is 27.7. The fraction of sp³-hybridized carbons (Fsp3) is 0.222. The van der Waals surface area contributed by atoms with Crippen molar-refractivity contribution in [2.75, 3.05) is 24.4 Å². The third-order valence-corrected chi connectivity index (χ3v) is 6.33. The third kappa shape index (κ3) is 6.77. The minimum Gasteiger partial charge on any atom is -0.497 e. The second-order valence-electron chi connectivity index (χ2n) is 8.47. The first-order valence-corrected chi connectivity index (χ1v) is 12.1. The van der Waals surface area contributed by atoms with Gasteiger partial charge < -0.3 is 24.4 Å². The van der Waals surface area contributed by atoms with Crippen LogP contribution in [0, 0.1) is 0 Å². The minimum absolute atomic E-state index is 0.0734. The molecule has 3 aromatic carbocycles. The van der Waals surface area contributed by atoms with Crippen molar-refractivity contribution < 1.29 is 37.0 Å². The van der Waals surface area contributed by atoms with Gasteiger partial charge in [-0.25, -0.2) is 0 Å². The summed E-state index contributed by atoms with van der Waals surface area (Å²) in [5.74, 6) is 0.00698. The van der Waals surface area contributed by atoms with Gasteiger partial charge in [-0.15, -0.1) is 13.2 Å². The Morgan fingerprint density at radius 2 is 1.44 bits per heavy atom. The zero-order valence-corrected chi connectivity index (χ0v) is 21.7. The molecule has 0 spiro atoms. The van der Waals surface area contributed by atoms with Crippen LogP contribution in [-0.4, -0.2) is 48.5 Å². The lowest BCUT2D eigenvalue weighted by Crippen LogP contribution is -2.37. The van der Waals surface area contributed by atoms with E-state index in [1.165, 1.54) is 43.4 Å². The van der Waals surface area contributed by atoms with E-state index in [0.29, 0.717) is 28.4 Å². The number of halogens is 3. The molecule has 1 N–H and O–H groups in total. The molecule has 1 fully saturated rings. The van der Waals surface area contributed by atoms with Gasteiger partial charge in [-0.1, -0.05) is 12.1 Å². The average molecular weight is 560 g/mol. The highest BCUT2D eigenvalue weighted by molar-refractivity contribution is 7.80. The summed E-state index contributed by atoms with van der Waals surface area (Å²) in [6.45, 7) is 0.0734. The average Bonchev–Trinajstić information content (AvgIpc) is 3.13. The maximum absolute atomic E-state index is 13.6. The largest absolute Gasteiger partial charge is 0.573 e. The Kier molecular flexibility index (Phi) is 8.24. The molecule has 39 heavy (non-hydrogen) atoms. The molecule has 1 saturated heterocycles. The van der Waals surface area contributed by atoms with Crippen molar-refractivity contribution >= 4 is 40.5 Å². The highest BCUT2D eigenvalue weighted by atomic mass is 32.1. The maximum Gasteiger partial charge on any atom is 0.573 e. The van der Waals surface area contributed by atoms with Crippen LogP contribution in [0.5, 0.6) is 17.2 Å². The number of thiocarbonyl (C=S) groups is 1. The highest BCUT2D eigenvalue weighted by Gasteiger charge is 2.44. The van der Waals surface area contributed by atoms with Gasteiger partial charge in [0.15, 0.2) is 5.11 Å². The second-order valence-corrected chi connectivity index (χ2v) is 8.84. The molecular formula is C27H24F3N3O5S. The number of hydrogen-bond donors (Lipinski definition) is 1. The molecule has 2 amide bonds. The molecular weight excluding hydrogens is 535 g/mol. The standard InChI is InChI=1S/C27H24F3N3O5S/c1-36-20-11-5-18(6-12-20)31-24(34)15-23-25(35)33(19-7-13-21(37-2)14-8-19)26(39)32(23)16-17-3-9-22(10-4-17)38-27(28,29)30/h3-14,23H,15-16H2,1-2H3,(H,31,34)/t23-/m1/s1. The Balaban J connectivity index is 1.57. The predicted molar refractivity (Wildman–Crippen MR) is 142 cm³/mol. The van der Waals surface area contributed by atoms with Gasteiger partial charge in [-0.05, 0) is 78.4 Å². The quantitative estimate of drug-likeness (QED) is 0.364. The molecule has 0 aliphatic carbocycles. The number of rotatable bonds is 9. The number of amides is 2. The molecule has 0 aromatic heterocycles. The topological polar surface area (TPSA) is 80.3 Å². The summed E-state index contributed by atoms with van der Waals surface area (Å²) in [7, 11) is 3.05. The number of carbonyl (C=O) groups excluding carboxylic acids is 2. The smallest absolute Gasteiger partial charge is 0.497 e. The molecule has 0 radical (unpaired) electrons. The van der Waals surface area contributed by atoms with Gasteiger partial charge in [0.2, 0.25) is 5.91 Å². The molecule has 4 rings (SSSR count). The van der Waals surface area contributed by atoms with Gasteiger partial charge in [0.05, 0.1) is 26.3 Å². The van der Waals surface area contributed by atoms with Crippen LogP contribution in [0.15, 0.2) is 72.8 Å². The summed E-state index contributed by atoms with van der Waals surface area (Å²) in [4.78, 5) is 29.4. The number of alkyl halides is 3. The fourth-order valence-electron chi connectivity index (χ4n) is 4.04. The number of anilines is 2. The first-order valence-electron chi connectivity index (χ1n) is 11.6. The zero-order valence-electron chi connectivity index (χ0n) is 20.9. The van der Waals surface area contributed by atoms with E-state index in [-0.39, 0.29) is 23.8 Å². The number of hydrogen-bond acceptors (Lipinski definition) is 6. The van der Waals surface area contributed by atoms with E-state index in [4.69, 9.17) is 21.7 Å². The lowest BCUT2D eigenvalue weighted by molar-refractivity contribution is -0.274. The van der Waals surface area contributed by atoms with Crippen LogP contribution in [0.3, 0.4) is 0 Å². The zero-order chi connectivity index (χ0) is 28.2. The highest BCUT2D eigenvalue weighted by Crippen LogP contribution is 2.31. The Hall–Kier alpha value is -4.32. The van der Waals surface area contributed by atoms with Crippen molar-refractivity contribution in [2.45, 2.75) is 25.4 Å². The van der Waals surface area contributed by atoms with Gasteiger partial charge in [-0.2, -0.15) is 0 Å². The predicted octanol–water partition coefficient (Wildman–Crippen LogP) is 5.13. The number of carbonyl (C=O) groups is 2. The van der Waals surface area contributed by atoms with Gasteiger partial charge in [0.25, 0.3) is 5.91 Å². The normalized spacial score (nSPS) is 15.4. The van der Waals surface area contributed by atoms with Crippen molar-refractivity contribution in [3.8, 4) is 17.2 Å². The monoisotopic (exact) mass is 559 g/mol. The van der Waals surface area contributed by atoms with E-state index < -0.39 is 24.2 Å². The van der Waals surface area contributed by atoms with E-state index in [1.54, 1.807) is 53.4 Å². The van der Waals surface area contributed by atoms with Gasteiger partial charge >= 0.3 is 6.36 Å². The summed E-state index contributed by atoms with van der Waals surface area (Å²) in [5.41, 5.74) is 1.58. The number of ether oxygens (including phenoxy) is 3. The summed E-state index contributed by atoms with van der Waals surface area (Å²) < 4.78 is 51.9. The molecule has 0 bridgehead atoms. The first-order chi connectivity index (χ1) is 18.6. The van der Waals surface area contributed by atoms with Crippen molar-refractivity contribution in [1.82, 2.24) is 4.90 Å². The Morgan fingerprint density at radius 3 is 1.97 bits per heavy atom. The summed E-state index contributed by atoms with van der Waals surface area (Å²) >= 11 is 5.65. The van der Waals surface area contributed by atoms with Crippen LogP contribution in [0.25, 0.3) is 0 Å². The van der Waals surface area contributed by atoms with E-state index in [1.807, 2.05) is 0 Å². The Labute approximate surface area is 227 Å². The fourth-order valence-corrected chi connectivity index (χ4v) is 4.43. The van der Waals surface area contributed by atoms with Crippen molar-refractivity contribution in [3.05, 3.63) is 78.4 Å². The number of methoxy groups -OCH3 is 2. The van der Waals surface area contributed by atoms with E-state index in [0.717, 1.165) is 0 Å². The van der Waals surface area contributed by atoms with Crippen LogP contribution in [-0.2, 0) is 16.1 Å². The molecule has 1 aliphatic heterocycles. The molecule has 1 atom stereocenters. The molecule has 0 saturated carbocycles. The number of nitrogens with one attached hydrogen (secondary N) is 1. The van der Waals surface area contributed by atoms with Crippen LogP contribution in [0.2, 0.25) is 0 Å². The summed E-state index contributed by atoms with van der Waals surface area (Å²) in [6, 6.07) is 17.7. The maximum atomic E-state index is 13.6. The molecule has 1 heterocycles. The van der Waals surface area contributed by atoms with E-state index >= 15 is 0 Å². The van der Waals surface area contributed by atoms with Crippen LogP contribution >= 0.6 is 12.2 Å². The number of benzene rings is 3. The van der Waals surface area contributed by atoms with E-state index in [2.05, 4.69) is 10.1 Å². The lowest BCUT2D eigenvalue weighted by Gasteiger charge is -2.24. The van der Waals surface area contributed by atoms with Gasteiger partial charge in [-0.3, -0.25) is 14.5 Å². The number of nitrogens with zero attached hydrogens (tertiary/aromatic N) is 2. The van der Waals surface area contributed by atoms with Gasteiger partial charge in [0.1, 0.15) is 23.3 Å². The van der Waals surface area contributed by atoms with Crippen molar-refractivity contribution in [2.24, 2.45) is 0 Å². The van der Waals surface area contributed by atoms with Crippen LogP contribution in [0.4, 0.5) is 24.5 Å². The molecule has 1 aliphatic rings. The molecule has 8 nitrogen and oxygen atoms in total. The Morgan fingerprint density at radius 1 is 0.897 bits per heavy atom. The Bertz CT molecular complexity index is 1330. The van der Waals surface area contributed by atoms with Crippen LogP contribution < -0.4 is 24.4 Å². The summed E-state index contributed by atoms with van der Waals surface area (Å²) in [6.07, 6.45) is -5.03. The molecule has 3 aromatic rings. The molecule has 0 unspecified atom stereocenters. The van der Waals surface area contributed by atoms with Crippen LogP contribution in [0.1, 0.15) is 12.0 Å². The summed E-state index contributed by atoms with van der Waals surface area (Å²) in [5, 5.41) is 2.92. The minimum atomic E-state index is -4.81. The van der Waals surface area contributed by atoms with Gasteiger partial charge in [0, 0.05) is 12.2 Å². The SMILES string of the molecule is COc1ccc(NC(=O)C[C@@H]2C(=O)N(c3ccc(OC)cc3)C(=S)N2Cc2ccc(OC(F)(F)F)cc2)cc1. The molecule has 204 valence electrons. The third-order valence-electron chi connectivity index (χ3n) is 5.91. The van der Waals surface area contributed by atoms with Crippen molar-refractivity contribution in [3.63, 3.8) is 0 Å². The van der Waals surface area contributed by atoms with E-state index in [9.17, 15) is 22.8 Å². The lowest BCUT2D eigenvalue weighted by atomic mass is 10.1.